The van der Waals surface area contributed by atoms with Gasteiger partial charge in [0, 0.05) is 11.8 Å². The van der Waals surface area contributed by atoms with E-state index in [0.717, 1.165) is 31.4 Å². The fourth-order valence-electron chi connectivity index (χ4n) is 6.12. The van der Waals surface area contributed by atoms with Crippen LogP contribution in [0.15, 0.2) is 34.6 Å². The largest absolute Gasteiger partial charge is 0.501 e. The first-order valence-electron chi connectivity index (χ1n) is 9.78. The van der Waals surface area contributed by atoms with Gasteiger partial charge in [0.05, 0.1) is 19.0 Å². The second-order valence-electron chi connectivity index (χ2n) is 9.00. The number of aliphatic hydroxyl groups excluding tert-OH is 1. The molecular formula is C22H32O2. The fourth-order valence-corrected chi connectivity index (χ4v) is 6.12. The molecule has 0 spiro atoms. The third kappa shape index (κ3) is 2.25. The lowest BCUT2D eigenvalue weighted by Crippen LogP contribution is -2.45. The number of hydrogen-bond donors (Lipinski definition) is 1. The van der Waals surface area contributed by atoms with Crippen LogP contribution in [0.1, 0.15) is 59.3 Å². The van der Waals surface area contributed by atoms with Crippen molar-refractivity contribution in [3.05, 3.63) is 34.6 Å². The van der Waals surface area contributed by atoms with E-state index >= 15 is 0 Å². The van der Waals surface area contributed by atoms with Crippen LogP contribution >= 0.6 is 0 Å². The van der Waals surface area contributed by atoms with Crippen molar-refractivity contribution < 1.29 is 9.84 Å². The van der Waals surface area contributed by atoms with Crippen molar-refractivity contribution in [1.29, 1.82) is 0 Å². The van der Waals surface area contributed by atoms with Crippen molar-refractivity contribution in [2.24, 2.45) is 29.1 Å². The third-order valence-electron chi connectivity index (χ3n) is 7.62. The molecule has 0 aliphatic heterocycles. The fraction of sp³-hybridized carbons (Fsp3) is 0.727. The summed E-state index contributed by atoms with van der Waals surface area (Å²) in [6, 6.07) is 0. The molecule has 2 nitrogen and oxygen atoms in total. The van der Waals surface area contributed by atoms with Gasteiger partial charge in [0.25, 0.3) is 0 Å². The smallest absolute Gasteiger partial charge is 0.0959 e. The zero-order valence-electron chi connectivity index (χ0n) is 15.6. The predicted octanol–water partition coefficient (Wildman–Crippen LogP) is 5.01. The molecule has 4 aliphatic carbocycles. The van der Waals surface area contributed by atoms with E-state index in [1.807, 2.05) is 0 Å². The molecule has 0 saturated heterocycles. The van der Waals surface area contributed by atoms with Gasteiger partial charge in [-0.2, -0.15) is 0 Å². The molecule has 0 amide bonds. The minimum Gasteiger partial charge on any atom is -0.501 e. The summed E-state index contributed by atoms with van der Waals surface area (Å²) >= 11 is 0. The maximum atomic E-state index is 10.6. The molecule has 4 rings (SSSR count). The summed E-state index contributed by atoms with van der Waals surface area (Å²) < 4.78 is 5.55. The number of aliphatic hydroxyl groups is 1. The van der Waals surface area contributed by atoms with Crippen LogP contribution in [0.4, 0.5) is 0 Å². The van der Waals surface area contributed by atoms with E-state index < -0.39 is 0 Å². The standard InChI is InChI=1S/C22H32O2/c1-13(2)18-12-14-11-15(24-4)5-6-16(14)17-9-10-22(3)19(21(17)18)7-8-20(22)23/h5,7,13,17-18,20-21,23H,6,8-12H2,1-4H3/t17-,18+,20+,21+,22+/m1/s1. The molecule has 0 radical (unpaired) electrons. The van der Waals surface area contributed by atoms with Crippen LogP contribution in [-0.2, 0) is 4.74 Å². The van der Waals surface area contributed by atoms with Gasteiger partial charge >= 0.3 is 0 Å². The monoisotopic (exact) mass is 328 g/mol. The van der Waals surface area contributed by atoms with Gasteiger partial charge in [0.1, 0.15) is 0 Å². The Morgan fingerprint density at radius 2 is 2.08 bits per heavy atom. The summed E-state index contributed by atoms with van der Waals surface area (Å²) in [5.74, 6) is 3.90. The summed E-state index contributed by atoms with van der Waals surface area (Å²) in [6.07, 6.45) is 11.1. The van der Waals surface area contributed by atoms with Gasteiger partial charge in [0.15, 0.2) is 0 Å². The second-order valence-corrected chi connectivity index (χ2v) is 9.00. The molecule has 0 aromatic carbocycles. The van der Waals surface area contributed by atoms with Crippen molar-refractivity contribution in [3.63, 3.8) is 0 Å². The Hall–Kier alpha value is -1.02. The van der Waals surface area contributed by atoms with Gasteiger partial charge < -0.3 is 9.84 Å². The predicted molar refractivity (Wildman–Crippen MR) is 97.3 cm³/mol. The number of rotatable bonds is 2. The molecule has 0 unspecified atom stereocenters. The molecule has 2 heteroatoms. The molecule has 1 saturated carbocycles. The minimum atomic E-state index is -0.164. The zero-order chi connectivity index (χ0) is 17.1. The number of fused-ring (bicyclic) bond motifs is 4. The lowest BCUT2D eigenvalue weighted by molar-refractivity contribution is 0.0273. The summed E-state index contributed by atoms with van der Waals surface area (Å²) in [4.78, 5) is 0. The highest BCUT2D eigenvalue weighted by atomic mass is 16.5. The Morgan fingerprint density at radius 1 is 1.29 bits per heavy atom. The molecule has 0 aromatic heterocycles. The quantitative estimate of drug-likeness (QED) is 0.722. The van der Waals surface area contributed by atoms with Crippen molar-refractivity contribution in [2.75, 3.05) is 7.11 Å². The number of hydrogen-bond acceptors (Lipinski definition) is 2. The number of methoxy groups -OCH3 is 1. The van der Waals surface area contributed by atoms with Gasteiger partial charge in [-0.1, -0.05) is 43.6 Å². The van der Waals surface area contributed by atoms with Gasteiger partial charge in [-0.05, 0) is 61.9 Å². The maximum absolute atomic E-state index is 10.6. The van der Waals surface area contributed by atoms with E-state index in [1.165, 1.54) is 12.8 Å². The zero-order valence-corrected chi connectivity index (χ0v) is 15.6. The molecule has 4 aliphatic rings. The van der Waals surface area contributed by atoms with E-state index in [2.05, 4.69) is 32.9 Å². The summed E-state index contributed by atoms with van der Waals surface area (Å²) in [5.41, 5.74) is 5.01. The van der Waals surface area contributed by atoms with Crippen LogP contribution in [-0.4, -0.2) is 18.3 Å². The van der Waals surface area contributed by atoms with Crippen LogP contribution in [0.2, 0.25) is 0 Å². The van der Waals surface area contributed by atoms with Gasteiger partial charge in [-0.15, -0.1) is 0 Å². The maximum Gasteiger partial charge on any atom is 0.0959 e. The SMILES string of the molecule is COC1=CCC2=C(C1)C[C@@H](C(C)C)[C@H]1C3=CC[C@H](O)[C@@]3(C)CC[C@H]21. The molecular weight excluding hydrogens is 296 g/mol. The Morgan fingerprint density at radius 3 is 2.79 bits per heavy atom. The van der Waals surface area contributed by atoms with Crippen molar-refractivity contribution >= 4 is 0 Å². The molecule has 5 atom stereocenters. The van der Waals surface area contributed by atoms with Crippen molar-refractivity contribution in [2.45, 2.75) is 65.4 Å². The first kappa shape index (κ1) is 16.4. The van der Waals surface area contributed by atoms with E-state index in [9.17, 15) is 5.11 Å². The first-order chi connectivity index (χ1) is 11.5. The topological polar surface area (TPSA) is 29.5 Å². The lowest BCUT2D eigenvalue weighted by atomic mass is 9.52. The van der Waals surface area contributed by atoms with Crippen LogP contribution in [0.25, 0.3) is 0 Å². The highest BCUT2D eigenvalue weighted by Crippen LogP contribution is 2.61. The van der Waals surface area contributed by atoms with Gasteiger partial charge in [-0.3, -0.25) is 0 Å². The van der Waals surface area contributed by atoms with E-state index in [-0.39, 0.29) is 11.5 Å². The molecule has 1 N–H and O–H groups in total. The lowest BCUT2D eigenvalue weighted by Gasteiger charge is -2.52. The summed E-state index contributed by atoms with van der Waals surface area (Å²) in [5, 5.41) is 10.6. The Bertz CT molecular complexity index is 624. The van der Waals surface area contributed by atoms with Crippen molar-refractivity contribution in [3.8, 4) is 0 Å². The summed E-state index contributed by atoms with van der Waals surface area (Å²) in [6.45, 7) is 7.10. The average Bonchev–Trinajstić information content (AvgIpc) is 2.88. The van der Waals surface area contributed by atoms with E-state index in [1.54, 1.807) is 23.8 Å². The molecule has 24 heavy (non-hydrogen) atoms. The van der Waals surface area contributed by atoms with E-state index in [4.69, 9.17) is 4.74 Å². The molecule has 0 aromatic rings. The Balaban J connectivity index is 1.73. The van der Waals surface area contributed by atoms with Crippen LogP contribution in [0.3, 0.4) is 0 Å². The minimum absolute atomic E-state index is 0.0363. The van der Waals surface area contributed by atoms with Crippen LogP contribution < -0.4 is 0 Å². The Kier molecular flexibility index (Phi) is 3.95. The second kappa shape index (κ2) is 5.76. The van der Waals surface area contributed by atoms with E-state index in [0.29, 0.717) is 23.7 Å². The van der Waals surface area contributed by atoms with Gasteiger partial charge in [-0.25, -0.2) is 0 Å². The summed E-state index contributed by atoms with van der Waals surface area (Å²) in [7, 11) is 1.81. The first-order valence-corrected chi connectivity index (χ1v) is 9.78. The number of ether oxygens (including phenoxy) is 1. The molecule has 132 valence electrons. The molecule has 0 heterocycles. The Labute approximate surface area is 146 Å². The molecule has 1 fully saturated rings. The molecule has 0 bridgehead atoms. The number of allylic oxidation sites excluding steroid dienone is 3. The van der Waals surface area contributed by atoms with Crippen LogP contribution in [0, 0.1) is 29.1 Å². The highest BCUT2D eigenvalue weighted by Gasteiger charge is 2.53. The average molecular weight is 328 g/mol. The normalized spacial score (nSPS) is 41.4. The van der Waals surface area contributed by atoms with Crippen molar-refractivity contribution in [1.82, 2.24) is 0 Å². The van der Waals surface area contributed by atoms with Gasteiger partial charge in [0.2, 0.25) is 0 Å². The highest BCUT2D eigenvalue weighted by molar-refractivity contribution is 5.39. The third-order valence-corrected chi connectivity index (χ3v) is 7.62. The van der Waals surface area contributed by atoms with Crippen LogP contribution in [0.5, 0.6) is 0 Å².